The topological polar surface area (TPSA) is 72.2 Å². The Morgan fingerprint density at radius 1 is 2.00 bits per heavy atom. The Morgan fingerprint density at radius 3 is 2.90 bits per heavy atom. The third-order valence-corrected chi connectivity index (χ3v) is 1.00. The van der Waals surface area contributed by atoms with E-state index < -0.39 is 17.8 Å². The molecule has 0 rings (SSSR count). The van der Waals surface area contributed by atoms with Gasteiger partial charge in [0.1, 0.15) is 2.82 Å². The molecule has 0 unspecified atom stereocenters. The van der Waals surface area contributed by atoms with Crippen LogP contribution in [0.5, 0.6) is 0 Å². The van der Waals surface area contributed by atoms with E-state index >= 15 is 0 Å². The molecular formula is C5H10N2O2S. The third-order valence-electron chi connectivity index (χ3n) is 0.701. The summed E-state index contributed by atoms with van der Waals surface area (Å²) in [6.45, 7) is 1.11. The van der Waals surface area contributed by atoms with Crippen molar-refractivity contribution in [1.29, 1.82) is 0 Å². The van der Waals surface area contributed by atoms with Gasteiger partial charge in [-0.2, -0.15) is 12.6 Å². The van der Waals surface area contributed by atoms with Crippen LogP contribution in [0.1, 0.15) is 8.29 Å². The molecule has 0 aromatic carbocycles. The number of thiol groups is 1. The average Bonchev–Trinajstić information content (AvgIpc) is 2.01. The Labute approximate surface area is 68.9 Å². The van der Waals surface area contributed by atoms with Crippen molar-refractivity contribution >= 4 is 24.4 Å². The Morgan fingerprint density at radius 2 is 2.60 bits per heavy atom. The quantitative estimate of drug-likeness (QED) is 0.465. The van der Waals surface area contributed by atoms with Gasteiger partial charge in [-0.3, -0.25) is 14.9 Å². The molecule has 4 nitrogen and oxygen atoms in total. The second-order valence-corrected chi connectivity index (χ2v) is 1.93. The highest BCUT2D eigenvalue weighted by molar-refractivity contribution is 7.80. The summed E-state index contributed by atoms with van der Waals surface area (Å²) in [7, 11) is 0. The fourth-order valence-electron chi connectivity index (χ4n) is 0.304. The van der Waals surface area contributed by atoms with Crippen molar-refractivity contribution in [3.63, 3.8) is 0 Å². The molecule has 0 radical (unpaired) electrons. The smallest absolute Gasteiger partial charge is 0.244 e. The van der Waals surface area contributed by atoms with Crippen LogP contribution in [0, 0.1) is 0 Å². The number of nitrogens with two attached hydrogens (primary N) is 1. The van der Waals surface area contributed by atoms with E-state index in [9.17, 15) is 9.59 Å². The highest BCUT2D eigenvalue weighted by Gasteiger charge is 2.11. The van der Waals surface area contributed by atoms with E-state index in [-0.39, 0.29) is 11.5 Å². The second-order valence-electron chi connectivity index (χ2n) is 1.62. The van der Waals surface area contributed by atoms with Crippen molar-refractivity contribution in [3.8, 4) is 0 Å². The second kappa shape index (κ2) is 4.29. The van der Waals surface area contributed by atoms with Crippen LogP contribution < -0.4 is 11.0 Å². The fraction of sp³-hybridized carbons (Fsp3) is 0.600. The Hall–Kier alpha value is -0.550. The van der Waals surface area contributed by atoms with E-state index in [4.69, 9.17) is 4.19 Å². The first-order valence-corrected chi connectivity index (χ1v) is 3.18. The predicted octanol–water partition coefficient (Wildman–Crippen LogP) is -1.09. The molecule has 0 saturated heterocycles. The van der Waals surface area contributed by atoms with Crippen molar-refractivity contribution < 1.29 is 13.8 Å². The first kappa shape index (κ1) is 5.15. The molecule has 10 heavy (non-hydrogen) atoms. The van der Waals surface area contributed by atoms with Crippen LogP contribution in [-0.4, -0.2) is 23.6 Å². The molecule has 0 aliphatic rings. The molecule has 0 aliphatic heterocycles. The highest BCUT2D eigenvalue weighted by atomic mass is 32.1. The lowest BCUT2D eigenvalue weighted by Crippen LogP contribution is -2.43. The van der Waals surface area contributed by atoms with Gasteiger partial charge in [0, 0.05) is 12.7 Å². The zero-order valence-electron chi connectivity index (χ0n) is 8.42. The Bertz CT molecular complexity index is 226. The maximum absolute atomic E-state index is 11.1. The minimum atomic E-state index is -2.16. The average molecular weight is 165 g/mol. The van der Waals surface area contributed by atoms with Crippen molar-refractivity contribution in [2.24, 2.45) is 5.72 Å². The molecule has 1 atom stereocenters. The zero-order valence-corrected chi connectivity index (χ0v) is 6.31. The summed E-state index contributed by atoms with van der Waals surface area (Å²) in [5, 5.41) is 1.82. The Kier molecular flexibility index (Phi) is 2.21. The van der Waals surface area contributed by atoms with Crippen LogP contribution in [0.4, 0.5) is 0 Å². The zero-order chi connectivity index (χ0) is 10.6. The van der Waals surface area contributed by atoms with Crippen molar-refractivity contribution in [2.45, 2.75) is 12.9 Å². The lowest BCUT2D eigenvalue weighted by molar-refractivity contribution is -0.129. The maximum Gasteiger partial charge on any atom is 0.244 e. The summed E-state index contributed by atoms with van der Waals surface area (Å²) in [6.07, 6.45) is 0. The van der Waals surface area contributed by atoms with Gasteiger partial charge in [0.2, 0.25) is 11.8 Å². The van der Waals surface area contributed by atoms with Crippen LogP contribution in [-0.2, 0) is 9.59 Å². The van der Waals surface area contributed by atoms with Gasteiger partial charge in [0.15, 0.2) is 0 Å². The molecule has 0 aromatic heterocycles. The van der Waals surface area contributed by atoms with Crippen LogP contribution in [0.3, 0.4) is 0 Å². The monoisotopic (exact) mass is 165 g/mol. The van der Waals surface area contributed by atoms with Crippen LogP contribution in [0.2, 0.25) is 2.82 Å². The van der Waals surface area contributed by atoms with Crippen LogP contribution in [0.15, 0.2) is 0 Å². The van der Waals surface area contributed by atoms with E-state index in [0.29, 0.717) is 0 Å². The lowest BCUT2D eigenvalue weighted by Gasteiger charge is -2.05. The van der Waals surface area contributed by atoms with E-state index in [1.807, 2.05) is 5.32 Å². The molecule has 0 fully saturated rings. The van der Waals surface area contributed by atoms with Gasteiger partial charge in [0.25, 0.3) is 0 Å². The fourth-order valence-corrected chi connectivity index (χ4v) is 0.447. The number of amides is 2. The molecule has 0 aromatic rings. The van der Waals surface area contributed by atoms with Gasteiger partial charge in [-0.25, -0.2) is 0 Å². The van der Waals surface area contributed by atoms with Crippen molar-refractivity contribution in [1.82, 2.24) is 5.32 Å². The van der Waals surface area contributed by atoms with Gasteiger partial charge >= 0.3 is 0 Å². The van der Waals surface area contributed by atoms with Gasteiger partial charge in [0.05, 0.1) is 7.39 Å². The molecule has 2 amide bonds. The normalized spacial score (nSPS) is 20.1. The number of carbonyl (C=O) groups is 2. The minimum absolute atomic E-state index is 0.0989. The van der Waals surface area contributed by atoms with E-state index in [1.54, 1.807) is 0 Å². The summed E-state index contributed by atoms with van der Waals surface area (Å²) in [5.74, 6) is -2.01. The molecule has 0 spiro atoms. The van der Waals surface area contributed by atoms with Crippen LogP contribution in [0.25, 0.3) is 0 Å². The number of nitrogens with one attached hydrogen (secondary N) is 1. The number of imide groups is 1. The summed E-state index contributed by atoms with van der Waals surface area (Å²) in [5.41, 5.74) is -0.0989. The molecule has 0 heterocycles. The maximum atomic E-state index is 11.1. The van der Waals surface area contributed by atoms with Crippen molar-refractivity contribution in [3.05, 3.63) is 0 Å². The molecular weight excluding hydrogens is 152 g/mol. The summed E-state index contributed by atoms with van der Waals surface area (Å²) < 4.78 is 20.9. The highest BCUT2D eigenvalue weighted by Crippen LogP contribution is 1.82. The summed E-state index contributed by atoms with van der Waals surface area (Å²) in [4.78, 5) is 21.6. The largest absolute Gasteiger partial charge is 0.319 e. The van der Waals surface area contributed by atoms with Gasteiger partial charge in [-0.15, -0.1) is 0 Å². The summed E-state index contributed by atoms with van der Waals surface area (Å²) >= 11 is 3.66. The first-order chi connectivity index (χ1) is 5.84. The van der Waals surface area contributed by atoms with Gasteiger partial charge in [-0.1, -0.05) is 0 Å². The van der Waals surface area contributed by atoms with Gasteiger partial charge in [-0.05, 0) is 0 Å². The molecule has 58 valence electrons. The lowest BCUT2D eigenvalue weighted by atomic mass is 10.3. The number of hydrogen-bond acceptors (Lipinski definition) is 4. The first-order valence-electron chi connectivity index (χ1n) is 3.95. The van der Waals surface area contributed by atoms with E-state index in [0.717, 1.165) is 6.92 Å². The third kappa shape index (κ3) is 3.47. The molecule has 5 heteroatoms. The van der Waals surface area contributed by atoms with E-state index in [2.05, 4.69) is 12.6 Å². The Balaban J connectivity index is 4.57. The number of carbonyl (C=O) groups excluding carboxylic acids is 2. The molecule has 3 N–H and O–H groups in total. The standard InChI is InChI=1S/C5H10N2O2S/c1-3(8)7-5(9)4(6)2-10/h4,10H,2,6H2,1H3,(H,7,8,9)/t4-/m0/s1/i4D/hD2. The van der Waals surface area contributed by atoms with E-state index in [1.165, 1.54) is 0 Å². The SMILES string of the molecule is [2H]N([2H])[C@@]([2H])(CS)C(=O)NC(C)=O. The molecule has 0 bridgehead atoms. The predicted molar refractivity (Wildman–Crippen MR) is 40.7 cm³/mol. The van der Waals surface area contributed by atoms with Gasteiger partial charge < -0.3 is 5.72 Å². The minimum Gasteiger partial charge on any atom is -0.319 e. The van der Waals surface area contributed by atoms with Crippen LogP contribution >= 0.6 is 12.6 Å². The van der Waals surface area contributed by atoms with Crippen molar-refractivity contribution in [2.75, 3.05) is 5.75 Å². The number of hydrogen-bond donors (Lipinski definition) is 3. The molecule has 0 aliphatic carbocycles. The summed E-state index contributed by atoms with van der Waals surface area (Å²) in [6, 6.07) is -2.16. The number of rotatable bonds is 3. The molecule has 0 saturated carbocycles.